The van der Waals surface area contributed by atoms with Crippen LogP contribution in [0.2, 0.25) is 0 Å². The van der Waals surface area contributed by atoms with E-state index in [1.54, 1.807) is 0 Å². The molecule has 0 aliphatic carbocycles. The molecule has 0 spiro atoms. The zero-order valence-corrected chi connectivity index (χ0v) is 15.5. The SMILES string of the molecule is CCCCCCc1cccc(C2C(=O)c3ccccc3N=C2C)c1C. The van der Waals surface area contributed by atoms with Gasteiger partial charge in [-0.05, 0) is 55.5 Å². The highest BCUT2D eigenvalue weighted by Gasteiger charge is 2.31. The van der Waals surface area contributed by atoms with E-state index in [2.05, 4.69) is 32.0 Å². The smallest absolute Gasteiger partial charge is 0.178 e. The number of rotatable bonds is 6. The Morgan fingerprint density at radius 2 is 1.76 bits per heavy atom. The Labute approximate surface area is 151 Å². The zero-order chi connectivity index (χ0) is 17.8. The van der Waals surface area contributed by atoms with Gasteiger partial charge in [0, 0.05) is 11.3 Å². The van der Waals surface area contributed by atoms with Crippen LogP contribution in [-0.4, -0.2) is 11.5 Å². The number of Topliss-reactive ketones (excluding diaryl/α,β-unsaturated/α-hetero) is 1. The molecule has 0 N–H and O–H groups in total. The van der Waals surface area contributed by atoms with Crippen LogP contribution in [0.25, 0.3) is 0 Å². The largest absolute Gasteiger partial charge is 0.293 e. The number of ketones is 1. The normalized spacial score (nSPS) is 16.5. The van der Waals surface area contributed by atoms with Crippen LogP contribution < -0.4 is 0 Å². The topological polar surface area (TPSA) is 29.4 Å². The number of carbonyl (C=O) groups is 1. The fraction of sp³-hybridized carbons (Fsp3) is 0.391. The molecular formula is C23H27NO. The van der Waals surface area contributed by atoms with Crippen molar-refractivity contribution in [2.45, 2.75) is 58.8 Å². The Kier molecular flexibility index (Phi) is 5.47. The van der Waals surface area contributed by atoms with Gasteiger partial charge in [0.05, 0.1) is 11.6 Å². The third-order valence-corrected chi connectivity index (χ3v) is 5.24. The Morgan fingerprint density at radius 3 is 2.56 bits per heavy atom. The maximum atomic E-state index is 13.1. The molecule has 2 nitrogen and oxygen atoms in total. The molecule has 0 saturated carbocycles. The minimum Gasteiger partial charge on any atom is -0.293 e. The Bertz CT molecular complexity index is 803. The van der Waals surface area contributed by atoms with Gasteiger partial charge in [0.15, 0.2) is 5.78 Å². The lowest BCUT2D eigenvalue weighted by atomic mass is 9.81. The average Bonchev–Trinajstić information content (AvgIpc) is 2.61. The summed E-state index contributed by atoms with van der Waals surface area (Å²) in [5.74, 6) is -0.0696. The maximum Gasteiger partial charge on any atom is 0.178 e. The number of hydrogen-bond acceptors (Lipinski definition) is 2. The predicted molar refractivity (Wildman–Crippen MR) is 105 cm³/mol. The molecule has 0 saturated heterocycles. The second-order valence-corrected chi connectivity index (χ2v) is 7.01. The fourth-order valence-electron chi connectivity index (χ4n) is 3.77. The summed E-state index contributed by atoms with van der Waals surface area (Å²) < 4.78 is 0. The van der Waals surface area contributed by atoms with Crippen LogP contribution in [0, 0.1) is 6.92 Å². The summed E-state index contributed by atoms with van der Waals surface area (Å²) in [5, 5.41) is 0. The minimum absolute atomic E-state index is 0.175. The standard InChI is InChI=1S/C23H27NO/c1-4-5-6-7-11-18-12-10-14-19(16(18)2)22-17(3)24-21-15-9-8-13-20(21)23(22)25/h8-10,12-15,22H,4-7,11H2,1-3H3. The van der Waals surface area contributed by atoms with Gasteiger partial charge in [0.25, 0.3) is 0 Å². The molecule has 3 rings (SSSR count). The van der Waals surface area contributed by atoms with E-state index < -0.39 is 0 Å². The highest BCUT2D eigenvalue weighted by molar-refractivity contribution is 6.21. The Balaban J connectivity index is 1.91. The number of aliphatic imine (C=N–C) groups is 1. The quantitative estimate of drug-likeness (QED) is 0.579. The predicted octanol–water partition coefficient (Wildman–Crippen LogP) is 6.19. The van der Waals surface area contributed by atoms with Gasteiger partial charge in [-0.15, -0.1) is 0 Å². The van der Waals surface area contributed by atoms with Gasteiger partial charge in [-0.25, -0.2) is 0 Å². The van der Waals surface area contributed by atoms with E-state index in [1.807, 2.05) is 31.2 Å². The van der Waals surface area contributed by atoms with Crippen LogP contribution in [-0.2, 0) is 6.42 Å². The molecule has 1 aliphatic heterocycles. The highest BCUT2D eigenvalue weighted by atomic mass is 16.1. The number of fused-ring (bicyclic) bond motifs is 1. The van der Waals surface area contributed by atoms with Crippen LogP contribution >= 0.6 is 0 Å². The average molecular weight is 333 g/mol. The molecule has 0 radical (unpaired) electrons. The van der Waals surface area contributed by atoms with E-state index >= 15 is 0 Å². The van der Waals surface area contributed by atoms with E-state index in [-0.39, 0.29) is 11.7 Å². The van der Waals surface area contributed by atoms with Crippen LogP contribution in [0.5, 0.6) is 0 Å². The molecule has 2 aromatic rings. The molecule has 0 aromatic heterocycles. The maximum absolute atomic E-state index is 13.1. The number of carbonyl (C=O) groups excluding carboxylic acids is 1. The van der Waals surface area contributed by atoms with Crippen molar-refractivity contribution in [3.05, 3.63) is 64.7 Å². The number of unbranched alkanes of at least 4 members (excludes halogenated alkanes) is 3. The first kappa shape index (κ1) is 17.6. The van der Waals surface area contributed by atoms with E-state index in [0.29, 0.717) is 0 Å². The van der Waals surface area contributed by atoms with Crippen molar-refractivity contribution >= 4 is 17.2 Å². The summed E-state index contributed by atoms with van der Waals surface area (Å²) in [6.07, 6.45) is 6.13. The fourth-order valence-corrected chi connectivity index (χ4v) is 3.77. The molecule has 2 heteroatoms. The lowest BCUT2D eigenvalue weighted by Gasteiger charge is -2.24. The van der Waals surface area contributed by atoms with Crippen LogP contribution in [0.1, 0.15) is 72.5 Å². The molecule has 1 heterocycles. The van der Waals surface area contributed by atoms with E-state index in [9.17, 15) is 4.79 Å². The Morgan fingerprint density at radius 1 is 0.960 bits per heavy atom. The number of aryl methyl sites for hydroxylation is 1. The van der Waals surface area contributed by atoms with Gasteiger partial charge in [0.1, 0.15) is 0 Å². The summed E-state index contributed by atoms with van der Waals surface area (Å²) in [7, 11) is 0. The molecule has 0 fully saturated rings. The molecular weight excluding hydrogens is 306 g/mol. The first-order valence-electron chi connectivity index (χ1n) is 9.40. The van der Waals surface area contributed by atoms with Crippen LogP contribution in [0.15, 0.2) is 47.5 Å². The molecule has 25 heavy (non-hydrogen) atoms. The minimum atomic E-state index is -0.245. The van der Waals surface area contributed by atoms with Gasteiger partial charge < -0.3 is 0 Å². The van der Waals surface area contributed by atoms with Gasteiger partial charge in [-0.3, -0.25) is 9.79 Å². The van der Waals surface area contributed by atoms with Crippen LogP contribution in [0.3, 0.4) is 0 Å². The van der Waals surface area contributed by atoms with Gasteiger partial charge in [-0.1, -0.05) is 56.5 Å². The van der Waals surface area contributed by atoms with Crippen molar-refractivity contribution in [3.8, 4) is 0 Å². The highest BCUT2D eigenvalue weighted by Crippen LogP contribution is 2.35. The first-order chi connectivity index (χ1) is 12.1. The second-order valence-electron chi connectivity index (χ2n) is 7.01. The molecule has 2 aromatic carbocycles. The number of para-hydroxylation sites is 1. The number of nitrogens with zero attached hydrogens (tertiary/aromatic N) is 1. The van der Waals surface area contributed by atoms with Crippen molar-refractivity contribution in [2.24, 2.45) is 4.99 Å². The first-order valence-corrected chi connectivity index (χ1v) is 9.40. The van der Waals surface area contributed by atoms with E-state index in [1.165, 1.54) is 36.8 Å². The molecule has 0 bridgehead atoms. The van der Waals surface area contributed by atoms with Crippen molar-refractivity contribution in [1.82, 2.24) is 0 Å². The Hall–Kier alpha value is -2.22. The molecule has 1 aliphatic rings. The van der Waals surface area contributed by atoms with Gasteiger partial charge >= 0.3 is 0 Å². The lowest BCUT2D eigenvalue weighted by Crippen LogP contribution is -2.24. The molecule has 1 unspecified atom stereocenters. The third kappa shape index (κ3) is 3.58. The summed E-state index contributed by atoms with van der Waals surface area (Å²) in [6, 6.07) is 14.1. The molecule has 130 valence electrons. The third-order valence-electron chi connectivity index (χ3n) is 5.24. The second kappa shape index (κ2) is 7.77. The monoisotopic (exact) mass is 333 g/mol. The molecule has 0 amide bonds. The summed E-state index contributed by atoms with van der Waals surface area (Å²) in [5.41, 5.74) is 6.18. The van der Waals surface area contributed by atoms with Crippen molar-refractivity contribution in [3.63, 3.8) is 0 Å². The number of benzene rings is 2. The lowest BCUT2D eigenvalue weighted by molar-refractivity contribution is 0.0981. The molecule has 1 atom stereocenters. The number of hydrogen-bond donors (Lipinski definition) is 0. The van der Waals surface area contributed by atoms with E-state index in [4.69, 9.17) is 4.99 Å². The summed E-state index contributed by atoms with van der Waals surface area (Å²) in [6.45, 7) is 6.37. The van der Waals surface area contributed by atoms with Gasteiger partial charge in [-0.2, -0.15) is 0 Å². The van der Waals surface area contributed by atoms with Crippen molar-refractivity contribution in [2.75, 3.05) is 0 Å². The van der Waals surface area contributed by atoms with Crippen molar-refractivity contribution in [1.29, 1.82) is 0 Å². The van der Waals surface area contributed by atoms with Crippen molar-refractivity contribution < 1.29 is 4.79 Å². The zero-order valence-electron chi connectivity index (χ0n) is 15.5. The van der Waals surface area contributed by atoms with E-state index in [0.717, 1.165) is 28.9 Å². The summed E-state index contributed by atoms with van der Waals surface area (Å²) >= 11 is 0. The van der Waals surface area contributed by atoms with Crippen LogP contribution in [0.4, 0.5) is 5.69 Å². The van der Waals surface area contributed by atoms with Gasteiger partial charge in [0.2, 0.25) is 0 Å². The summed E-state index contributed by atoms with van der Waals surface area (Å²) in [4.78, 5) is 17.8.